The predicted molar refractivity (Wildman–Crippen MR) is 138 cm³/mol. The van der Waals surface area contributed by atoms with Gasteiger partial charge in [0, 0.05) is 22.1 Å². The summed E-state index contributed by atoms with van der Waals surface area (Å²) in [6, 6.07) is 10.5. The number of amides is 1. The lowest BCUT2D eigenvalue weighted by Crippen LogP contribution is -2.23. The number of thiophene rings is 1. The van der Waals surface area contributed by atoms with Gasteiger partial charge in [0.2, 0.25) is 0 Å². The van der Waals surface area contributed by atoms with Gasteiger partial charge in [-0.2, -0.15) is 0 Å². The maximum absolute atomic E-state index is 13.1. The quantitative estimate of drug-likeness (QED) is 0.172. The van der Waals surface area contributed by atoms with E-state index in [0.29, 0.717) is 45.5 Å². The first-order valence-corrected chi connectivity index (χ1v) is 12.6. The summed E-state index contributed by atoms with van der Waals surface area (Å²) in [6.07, 6.45) is 7.14. The lowest BCUT2D eigenvalue weighted by molar-refractivity contribution is -0.385. The van der Waals surface area contributed by atoms with Crippen molar-refractivity contribution < 1.29 is 18.6 Å². The number of fused-ring (bicyclic) bond motifs is 1. The number of furan rings is 2. The molecule has 1 aliphatic carbocycles. The van der Waals surface area contributed by atoms with Crippen LogP contribution in [0.15, 0.2) is 56.5 Å². The van der Waals surface area contributed by atoms with Crippen molar-refractivity contribution in [1.82, 2.24) is 5.32 Å². The third-order valence-corrected chi connectivity index (χ3v) is 7.64. The molecule has 0 bridgehead atoms. The summed E-state index contributed by atoms with van der Waals surface area (Å²) in [6.45, 7) is 3.89. The van der Waals surface area contributed by atoms with E-state index in [1.807, 2.05) is 19.1 Å². The topological polar surface area (TPSA) is 111 Å². The van der Waals surface area contributed by atoms with Crippen LogP contribution in [0.25, 0.3) is 11.3 Å². The Morgan fingerprint density at radius 2 is 2.06 bits per heavy atom. The Morgan fingerprint density at radius 1 is 1.22 bits per heavy atom. The van der Waals surface area contributed by atoms with Crippen molar-refractivity contribution in [2.24, 2.45) is 4.99 Å². The van der Waals surface area contributed by atoms with E-state index < -0.39 is 0 Å². The third-order valence-electron chi connectivity index (χ3n) is 6.44. The van der Waals surface area contributed by atoms with Gasteiger partial charge in [0.05, 0.1) is 29.5 Å². The largest absolute Gasteiger partial charge is 0.467 e. The van der Waals surface area contributed by atoms with Crippen LogP contribution >= 0.6 is 11.3 Å². The molecule has 3 heterocycles. The van der Waals surface area contributed by atoms with Crippen LogP contribution in [0.2, 0.25) is 0 Å². The van der Waals surface area contributed by atoms with Crippen molar-refractivity contribution >= 4 is 34.1 Å². The second-order valence-electron chi connectivity index (χ2n) is 8.81. The fourth-order valence-electron chi connectivity index (χ4n) is 4.42. The zero-order valence-electron chi connectivity index (χ0n) is 20.0. The van der Waals surface area contributed by atoms with Gasteiger partial charge in [-0.1, -0.05) is 0 Å². The molecule has 0 atom stereocenters. The van der Waals surface area contributed by atoms with E-state index >= 15 is 0 Å². The van der Waals surface area contributed by atoms with Crippen molar-refractivity contribution in [2.75, 3.05) is 0 Å². The molecule has 0 saturated heterocycles. The maximum atomic E-state index is 13.1. The smallest absolute Gasteiger partial charge is 0.273 e. The van der Waals surface area contributed by atoms with Gasteiger partial charge in [0.1, 0.15) is 22.3 Å². The molecule has 1 aliphatic rings. The minimum atomic E-state index is -0.381. The van der Waals surface area contributed by atoms with E-state index in [4.69, 9.17) is 8.83 Å². The Balaban J connectivity index is 1.41. The summed E-state index contributed by atoms with van der Waals surface area (Å²) in [5.41, 5.74) is 3.85. The fraction of sp³-hybridized carbons (Fsp3) is 0.259. The second-order valence-corrected chi connectivity index (χ2v) is 9.89. The molecule has 36 heavy (non-hydrogen) atoms. The normalized spacial score (nSPS) is 13.2. The number of rotatable bonds is 7. The van der Waals surface area contributed by atoms with Gasteiger partial charge >= 0.3 is 0 Å². The first-order chi connectivity index (χ1) is 17.4. The Hall–Kier alpha value is -3.98. The summed E-state index contributed by atoms with van der Waals surface area (Å²) in [4.78, 5) is 30.0. The molecule has 1 N–H and O–H groups in total. The summed E-state index contributed by atoms with van der Waals surface area (Å²) in [5, 5.41) is 15.0. The highest BCUT2D eigenvalue weighted by atomic mass is 32.1. The lowest BCUT2D eigenvalue weighted by Gasteiger charge is -2.12. The summed E-state index contributed by atoms with van der Waals surface area (Å²) in [7, 11) is 0. The Kier molecular flexibility index (Phi) is 6.56. The van der Waals surface area contributed by atoms with Crippen LogP contribution in [-0.2, 0) is 19.4 Å². The van der Waals surface area contributed by atoms with Gasteiger partial charge in [0.15, 0.2) is 0 Å². The zero-order valence-corrected chi connectivity index (χ0v) is 20.8. The van der Waals surface area contributed by atoms with Crippen molar-refractivity contribution in [3.8, 4) is 11.3 Å². The number of nitrogens with zero attached hydrogens (tertiary/aromatic N) is 2. The predicted octanol–water partition coefficient (Wildman–Crippen LogP) is 6.69. The molecule has 0 spiro atoms. The lowest BCUT2D eigenvalue weighted by atomic mass is 9.95. The van der Waals surface area contributed by atoms with Crippen LogP contribution < -0.4 is 5.32 Å². The molecule has 1 amide bonds. The van der Waals surface area contributed by atoms with Crippen LogP contribution in [0.1, 0.15) is 56.3 Å². The van der Waals surface area contributed by atoms with Crippen molar-refractivity contribution in [1.29, 1.82) is 0 Å². The highest BCUT2D eigenvalue weighted by Gasteiger charge is 2.25. The van der Waals surface area contributed by atoms with Gasteiger partial charge in [-0.15, -0.1) is 11.3 Å². The van der Waals surface area contributed by atoms with Crippen molar-refractivity contribution in [3.05, 3.63) is 91.4 Å². The molecule has 0 unspecified atom stereocenters. The number of hydrogen-bond donors (Lipinski definition) is 1. The molecule has 0 radical (unpaired) electrons. The molecule has 5 rings (SSSR count). The maximum Gasteiger partial charge on any atom is 0.273 e. The van der Waals surface area contributed by atoms with Crippen LogP contribution in [0.3, 0.4) is 0 Å². The van der Waals surface area contributed by atoms with Crippen LogP contribution in [0, 0.1) is 24.0 Å². The number of nitrogens with one attached hydrogen (secondary N) is 1. The van der Waals surface area contributed by atoms with Gasteiger partial charge in [0.25, 0.3) is 11.6 Å². The fourth-order valence-corrected chi connectivity index (χ4v) is 5.65. The summed E-state index contributed by atoms with van der Waals surface area (Å²) in [5.74, 6) is 1.54. The average Bonchev–Trinajstić information content (AvgIpc) is 3.62. The third kappa shape index (κ3) is 4.74. The first-order valence-electron chi connectivity index (χ1n) is 11.8. The number of aryl methyl sites for hydroxylation is 2. The number of benzene rings is 1. The molecule has 1 aromatic carbocycles. The molecular weight excluding hydrogens is 478 g/mol. The van der Waals surface area contributed by atoms with Crippen molar-refractivity contribution in [3.63, 3.8) is 0 Å². The van der Waals surface area contributed by atoms with E-state index in [-0.39, 0.29) is 16.5 Å². The Labute approximate surface area is 211 Å². The number of aliphatic imine (C=N–C) groups is 1. The Morgan fingerprint density at radius 3 is 2.83 bits per heavy atom. The number of nitro benzene ring substituents is 1. The highest BCUT2D eigenvalue weighted by Crippen LogP contribution is 2.40. The minimum Gasteiger partial charge on any atom is -0.467 e. The van der Waals surface area contributed by atoms with Crippen molar-refractivity contribution in [2.45, 2.75) is 46.1 Å². The number of carbonyl (C=O) groups excluding carboxylic acids is 1. The number of carbonyl (C=O) groups is 1. The minimum absolute atomic E-state index is 0.0611. The molecule has 0 fully saturated rings. The molecular formula is C27H25N3O5S. The highest BCUT2D eigenvalue weighted by molar-refractivity contribution is 7.16. The van der Waals surface area contributed by atoms with Gasteiger partial charge in [-0.05, 0) is 81.0 Å². The van der Waals surface area contributed by atoms with E-state index in [9.17, 15) is 14.9 Å². The van der Waals surface area contributed by atoms with E-state index in [0.717, 1.165) is 36.8 Å². The van der Waals surface area contributed by atoms with Crippen LogP contribution in [0.4, 0.5) is 10.7 Å². The zero-order chi connectivity index (χ0) is 25.2. The van der Waals surface area contributed by atoms with E-state index in [1.54, 1.807) is 48.9 Å². The molecule has 184 valence electrons. The molecule has 0 aliphatic heterocycles. The molecule has 0 saturated carbocycles. The summed E-state index contributed by atoms with van der Waals surface area (Å²) < 4.78 is 11.3. The monoisotopic (exact) mass is 503 g/mol. The molecule has 4 aromatic rings. The van der Waals surface area contributed by atoms with Gasteiger partial charge in [-0.25, -0.2) is 4.99 Å². The van der Waals surface area contributed by atoms with E-state index in [1.165, 1.54) is 10.9 Å². The molecule has 3 aromatic heterocycles. The van der Waals surface area contributed by atoms with Gasteiger partial charge < -0.3 is 14.2 Å². The van der Waals surface area contributed by atoms with Crippen LogP contribution in [-0.4, -0.2) is 17.0 Å². The second kappa shape index (κ2) is 9.94. The standard InChI is InChI=1S/C27H25N3O5S/c1-16-12-18(13-22(17(16)2)30(32)33)23-10-9-20(35-23)15-29-27-25(21-7-3-4-8-24(21)36-27)26(31)28-14-19-6-5-11-34-19/h5-6,9-13,15H,3-4,7-8,14H2,1-2H3,(H,28,31)/b29-15-. The SMILES string of the molecule is Cc1cc(-c2ccc(/C=N\c3sc4c(c3C(=O)NCc3ccco3)CCCC4)o2)cc([N+](=O)[O-])c1C. The van der Waals surface area contributed by atoms with Crippen LogP contribution in [0.5, 0.6) is 0 Å². The number of nitro groups is 1. The van der Waals surface area contributed by atoms with Gasteiger partial charge in [-0.3, -0.25) is 14.9 Å². The summed E-state index contributed by atoms with van der Waals surface area (Å²) >= 11 is 1.55. The first kappa shape index (κ1) is 23.7. The molecule has 8 nitrogen and oxygen atoms in total. The molecule has 9 heteroatoms. The Bertz CT molecular complexity index is 1460. The number of hydrogen-bond acceptors (Lipinski definition) is 7. The average molecular weight is 504 g/mol. The van der Waals surface area contributed by atoms with E-state index in [2.05, 4.69) is 10.3 Å².